The first-order valence-electron chi connectivity index (χ1n) is 6.90. The van der Waals surface area contributed by atoms with Crippen molar-refractivity contribution in [1.29, 1.82) is 0 Å². The topological polar surface area (TPSA) is 127 Å². The van der Waals surface area contributed by atoms with E-state index in [2.05, 4.69) is 10.6 Å². The fraction of sp³-hybridized carbons (Fsp3) is 0.133. The fourth-order valence-electron chi connectivity index (χ4n) is 2.15. The van der Waals surface area contributed by atoms with Crippen LogP contribution in [-0.4, -0.2) is 22.8 Å². The Labute approximate surface area is 136 Å². The van der Waals surface area contributed by atoms with E-state index in [4.69, 9.17) is 0 Å². The number of anilines is 1. The van der Waals surface area contributed by atoms with Crippen molar-refractivity contribution in [3.05, 3.63) is 74.3 Å². The average molecular weight is 330 g/mol. The standard InChI is InChI=1S/C15H14N4O5/c1-16-15(20)14(10-5-3-2-4-6-10)17-12-8-7-11(18(21)22)9-13(12)19(23)24/h2-9,14,17H,1H3,(H,16,20). The highest BCUT2D eigenvalue weighted by atomic mass is 16.6. The second-order valence-corrected chi connectivity index (χ2v) is 4.82. The van der Waals surface area contributed by atoms with Crippen molar-refractivity contribution in [3.63, 3.8) is 0 Å². The van der Waals surface area contributed by atoms with Crippen LogP contribution in [0.5, 0.6) is 0 Å². The Hall–Kier alpha value is -3.49. The molecule has 1 amide bonds. The van der Waals surface area contributed by atoms with Gasteiger partial charge in [-0.1, -0.05) is 30.3 Å². The summed E-state index contributed by atoms with van der Waals surface area (Å²) in [6.45, 7) is 0. The molecule has 9 heteroatoms. The number of hydrogen-bond acceptors (Lipinski definition) is 6. The molecule has 0 radical (unpaired) electrons. The summed E-state index contributed by atoms with van der Waals surface area (Å²) in [6.07, 6.45) is 0. The predicted octanol–water partition coefficient (Wildman–Crippen LogP) is 2.40. The number of hydrogen-bond donors (Lipinski definition) is 2. The maximum absolute atomic E-state index is 12.1. The van der Waals surface area contributed by atoms with Crippen molar-refractivity contribution in [2.45, 2.75) is 6.04 Å². The Morgan fingerprint density at radius 3 is 2.25 bits per heavy atom. The molecule has 1 atom stereocenters. The SMILES string of the molecule is CNC(=O)C(Nc1ccc([N+](=O)[O-])cc1[N+](=O)[O-])c1ccccc1. The highest BCUT2D eigenvalue weighted by molar-refractivity contribution is 5.86. The Bertz CT molecular complexity index is 779. The maximum atomic E-state index is 12.1. The van der Waals surface area contributed by atoms with Gasteiger partial charge in [0.15, 0.2) is 0 Å². The van der Waals surface area contributed by atoms with Gasteiger partial charge in [-0.15, -0.1) is 0 Å². The summed E-state index contributed by atoms with van der Waals surface area (Å²) in [5.41, 5.74) is -0.259. The zero-order valence-corrected chi connectivity index (χ0v) is 12.6. The van der Waals surface area contributed by atoms with Crippen LogP contribution in [0.1, 0.15) is 11.6 Å². The first-order valence-corrected chi connectivity index (χ1v) is 6.90. The van der Waals surface area contributed by atoms with Crippen LogP contribution in [0.15, 0.2) is 48.5 Å². The molecule has 9 nitrogen and oxygen atoms in total. The molecular weight excluding hydrogens is 316 g/mol. The second kappa shape index (κ2) is 7.18. The Morgan fingerprint density at radius 1 is 1.04 bits per heavy atom. The van der Waals surface area contributed by atoms with Crippen molar-refractivity contribution in [2.24, 2.45) is 0 Å². The molecule has 0 saturated carbocycles. The van der Waals surface area contributed by atoms with Crippen molar-refractivity contribution in [2.75, 3.05) is 12.4 Å². The molecular formula is C15H14N4O5. The van der Waals surface area contributed by atoms with Gasteiger partial charge in [-0.2, -0.15) is 0 Å². The molecule has 0 saturated heterocycles. The zero-order chi connectivity index (χ0) is 17.7. The average Bonchev–Trinajstić information content (AvgIpc) is 2.59. The van der Waals surface area contributed by atoms with Gasteiger partial charge in [-0.05, 0) is 11.6 Å². The molecule has 124 valence electrons. The van der Waals surface area contributed by atoms with Gasteiger partial charge in [0, 0.05) is 13.1 Å². The van der Waals surface area contributed by atoms with E-state index >= 15 is 0 Å². The first kappa shape index (κ1) is 16.9. The van der Waals surface area contributed by atoms with Gasteiger partial charge < -0.3 is 10.6 Å². The lowest BCUT2D eigenvalue weighted by Crippen LogP contribution is -2.31. The lowest BCUT2D eigenvalue weighted by molar-refractivity contribution is -0.393. The summed E-state index contributed by atoms with van der Waals surface area (Å²) in [4.78, 5) is 32.6. The lowest BCUT2D eigenvalue weighted by Gasteiger charge is -2.18. The minimum atomic E-state index is -0.878. The van der Waals surface area contributed by atoms with Crippen LogP contribution in [-0.2, 0) is 4.79 Å². The van der Waals surface area contributed by atoms with Gasteiger partial charge in [0.1, 0.15) is 11.7 Å². The van der Waals surface area contributed by atoms with Crippen molar-refractivity contribution >= 4 is 23.0 Å². The van der Waals surface area contributed by atoms with Crippen LogP contribution < -0.4 is 10.6 Å². The van der Waals surface area contributed by atoms with Crippen LogP contribution in [0.2, 0.25) is 0 Å². The molecule has 0 spiro atoms. The van der Waals surface area contributed by atoms with E-state index in [0.717, 1.165) is 12.1 Å². The highest BCUT2D eigenvalue weighted by Crippen LogP contribution is 2.31. The number of carbonyl (C=O) groups excluding carboxylic acids is 1. The third kappa shape index (κ3) is 3.64. The number of carbonyl (C=O) groups is 1. The molecule has 0 bridgehead atoms. The number of nitrogens with one attached hydrogen (secondary N) is 2. The molecule has 0 aliphatic carbocycles. The number of nitrogens with zero attached hydrogens (tertiary/aromatic N) is 2. The van der Waals surface area contributed by atoms with Gasteiger partial charge in [0.05, 0.1) is 15.9 Å². The monoisotopic (exact) mass is 330 g/mol. The smallest absolute Gasteiger partial charge is 0.299 e. The molecule has 0 aliphatic heterocycles. The van der Waals surface area contributed by atoms with Crippen molar-refractivity contribution in [3.8, 4) is 0 Å². The van der Waals surface area contributed by atoms with Crippen LogP contribution in [0.4, 0.5) is 17.1 Å². The number of amides is 1. The quantitative estimate of drug-likeness (QED) is 0.618. The Kier molecular flexibility index (Phi) is 5.05. The van der Waals surface area contributed by atoms with E-state index in [0.29, 0.717) is 5.56 Å². The van der Waals surface area contributed by atoms with E-state index in [-0.39, 0.29) is 5.69 Å². The summed E-state index contributed by atoms with van der Waals surface area (Å²) < 4.78 is 0. The third-order valence-electron chi connectivity index (χ3n) is 3.33. The number of non-ortho nitro benzene ring substituents is 1. The van der Waals surface area contributed by atoms with Gasteiger partial charge in [-0.25, -0.2) is 0 Å². The van der Waals surface area contributed by atoms with Gasteiger partial charge in [-0.3, -0.25) is 25.0 Å². The number of nitro benzene ring substituents is 2. The second-order valence-electron chi connectivity index (χ2n) is 4.82. The number of likely N-dealkylation sites (N-methyl/N-ethyl adjacent to an activating group) is 1. The van der Waals surface area contributed by atoms with Crippen LogP contribution in [0, 0.1) is 20.2 Å². The van der Waals surface area contributed by atoms with E-state index in [1.54, 1.807) is 30.3 Å². The maximum Gasteiger partial charge on any atom is 0.299 e. The molecule has 2 rings (SSSR count). The van der Waals surface area contributed by atoms with Gasteiger partial charge in [0.2, 0.25) is 5.91 Å². The number of benzene rings is 2. The zero-order valence-electron chi connectivity index (χ0n) is 12.6. The largest absolute Gasteiger partial charge is 0.364 e. The molecule has 1 unspecified atom stereocenters. The molecule has 0 aromatic heterocycles. The van der Waals surface area contributed by atoms with Crippen LogP contribution >= 0.6 is 0 Å². The summed E-state index contributed by atoms with van der Waals surface area (Å²) in [6, 6.07) is 11.0. The minimum absolute atomic E-state index is 0.0167. The minimum Gasteiger partial charge on any atom is -0.364 e. The molecule has 2 aromatic carbocycles. The molecule has 0 aliphatic rings. The first-order chi connectivity index (χ1) is 11.4. The molecule has 2 aromatic rings. The third-order valence-corrected chi connectivity index (χ3v) is 3.33. The van der Waals surface area contributed by atoms with E-state index in [9.17, 15) is 25.0 Å². The van der Waals surface area contributed by atoms with Crippen molar-refractivity contribution < 1.29 is 14.6 Å². The Morgan fingerprint density at radius 2 is 1.71 bits per heavy atom. The highest BCUT2D eigenvalue weighted by Gasteiger charge is 2.25. The molecule has 0 fully saturated rings. The van der Waals surface area contributed by atoms with Gasteiger partial charge >= 0.3 is 0 Å². The summed E-state index contributed by atoms with van der Waals surface area (Å²) in [5.74, 6) is -0.395. The number of nitro groups is 2. The normalized spacial score (nSPS) is 11.4. The van der Waals surface area contributed by atoms with E-state index in [1.165, 1.54) is 13.1 Å². The molecule has 2 N–H and O–H groups in total. The van der Waals surface area contributed by atoms with Crippen LogP contribution in [0.25, 0.3) is 0 Å². The van der Waals surface area contributed by atoms with Crippen molar-refractivity contribution in [1.82, 2.24) is 5.32 Å². The summed E-state index contributed by atoms with van der Waals surface area (Å²) >= 11 is 0. The lowest BCUT2D eigenvalue weighted by atomic mass is 10.1. The van der Waals surface area contributed by atoms with E-state index in [1.807, 2.05) is 0 Å². The summed E-state index contributed by atoms with van der Waals surface area (Å²) in [7, 11) is 1.45. The predicted molar refractivity (Wildman–Crippen MR) is 86.6 cm³/mol. The van der Waals surface area contributed by atoms with Gasteiger partial charge in [0.25, 0.3) is 11.4 Å². The van der Waals surface area contributed by atoms with E-state index < -0.39 is 33.2 Å². The van der Waals surface area contributed by atoms with Crippen LogP contribution in [0.3, 0.4) is 0 Å². The number of rotatable bonds is 6. The Balaban J connectivity index is 2.44. The fourth-order valence-corrected chi connectivity index (χ4v) is 2.15. The molecule has 24 heavy (non-hydrogen) atoms. The summed E-state index contributed by atoms with van der Waals surface area (Å²) in [5, 5.41) is 27.2. The molecule has 0 heterocycles.